The number of rotatable bonds is 7. The molecule has 37 heavy (non-hydrogen) atoms. The van der Waals surface area contributed by atoms with Gasteiger partial charge in [-0.1, -0.05) is 27.2 Å². The van der Waals surface area contributed by atoms with Gasteiger partial charge in [0.05, 0.1) is 23.8 Å². The van der Waals surface area contributed by atoms with Gasteiger partial charge in [0, 0.05) is 24.2 Å². The summed E-state index contributed by atoms with van der Waals surface area (Å²) >= 11 is 1.38. The van der Waals surface area contributed by atoms with Crippen molar-refractivity contribution in [3.8, 4) is 5.75 Å². The van der Waals surface area contributed by atoms with Crippen molar-refractivity contribution in [3.05, 3.63) is 45.2 Å². The highest BCUT2D eigenvalue weighted by atomic mass is 32.1. The van der Waals surface area contributed by atoms with Gasteiger partial charge in [0.1, 0.15) is 12.4 Å². The lowest BCUT2D eigenvalue weighted by Gasteiger charge is -2.26. The molecular formula is C27H36F3N3O3S. The highest BCUT2D eigenvalue weighted by Crippen LogP contribution is 2.33. The maximum atomic E-state index is 13.5. The van der Waals surface area contributed by atoms with Crippen LogP contribution in [0, 0.1) is 0 Å². The summed E-state index contributed by atoms with van der Waals surface area (Å²) in [5.41, 5.74) is -1.25. The van der Waals surface area contributed by atoms with Crippen molar-refractivity contribution in [2.24, 2.45) is 4.99 Å². The smallest absolute Gasteiger partial charge is 0.416 e. The van der Waals surface area contributed by atoms with Crippen LogP contribution in [-0.2, 0) is 22.9 Å². The van der Waals surface area contributed by atoms with Crippen LogP contribution >= 0.6 is 11.3 Å². The van der Waals surface area contributed by atoms with Crippen LogP contribution in [-0.4, -0.2) is 54.3 Å². The molecule has 0 unspecified atom stereocenters. The topological polar surface area (TPSA) is 56.1 Å². The van der Waals surface area contributed by atoms with Gasteiger partial charge in [-0.3, -0.25) is 9.69 Å². The number of amides is 1. The van der Waals surface area contributed by atoms with Crippen LogP contribution in [0.4, 0.5) is 13.2 Å². The van der Waals surface area contributed by atoms with Crippen LogP contribution in [0.1, 0.15) is 73.7 Å². The van der Waals surface area contributed by atoms with E-state index in [2.05, 4.69) is 30.7 Å². The molecule has 0 radical (unpaired) electrons. The molecule has 1 aromatic carbocycles. The normalized spacial score (nSPS) is 19.9. The molecule has 3 heterocycles. The van der Waals surface area contributed by atoms with Gasteiger partial charge in [0.2, 0.25) is 0 Å². The Balaban J connectivity index is 1.63. The number of carbonyl (C=O) groups excluding carboxylic acids is 1. The zero-order valence-corrected chi connectivity index (χ0v) is 22.6. The minimum absolute atomic E-state index is 0.0266. The van der Waals surface area contributed by atoms with E-state index < -0.39 is 17.6 Å². The average Bonchev–Trinajstić information content (AvgIpc) is 3.50. The number of halogens is 3. The molecule has 0 spiro atoms. The molecule has 2 saturated heterocycles. The highest BCUT2D eigenvalue weighted by molar-refractivity contribution is 7.09. The quantitative estimate of drug-likeness (QED) is 0.456. The van der Waals surface area contributed by atoms with Crippen molar-refractivity contribution in [1.82, 2.24) is 9.47 Å². The molecule has 0 bridgehead atoms. The Labute approximate surface area is 220 Å². The highest BCUT2D eigenvalue weighted by Gasteiger charge is 2.32. The number of piperidine rings is 1. The largest absolute Gasteiger partial charge is 0.491 e. The summed E-state index contributed by atoms with van der Waals surface area (Å²) in [6.07, 6.45) is 2.79. The van der Waals surface area contributed by atoms with Gasteiger partial charge in [-0.15, -0.1) is 11.3 Å². The average molecular weight is 540 g/mol. The molecule has 204 valence electrons. The number of ether oxygens (including phenoxy) is 2. The fourth-order valence-electron chi connectivity index (χ4n) is 4.57. The lowest BCUT2D eigenvalue weighted by molar-refractivity contribution is -0.137. The van der Waals surface area contributed by atoms with Gasteiger partial charge in [-0.05, 0) is 62.4 Å². The van der Waals surface area contributed by atoms with Crippen LogP contribution in [0.5, 0.6) is 5.75 Å². The van der Waals surface area contributed by atoms with Gasteiger partial charge in [-0.25, -0.2) is 0 Å². The second-order valence-corrected chi connectivity index (χ2v) is 11.8. The van der Waals surface area contributed by atoms with Crippen LogP contribution in [0.3, 0.4) is 0 Å². The molecule has 0 saturated carbocycles. The summed E-state index contributed by atoms with van der Waals surface area (Å²) in [5.74, 6) is -0.625. The number of carbonyl (C=O) groups is 1. The van der Waals surface area contributed by atoms with E-state index in [1.54, 1.807) is 0 Å². The molecule has 0 aliphatic carbocycles. The first-order valence-electron chi connectivity index (χ1n) is 13.0. The van der Waals surface area contributed by atoms with E-state index in [0.717, 1.165) is 55.8 Å². The molecule has 2 aliphatic rings. The number of alkyl halides is 3. The molecule has 6 nitrogen and oxygen atoms in total. The Hall–Kier alpha value is -2.17. The predicted molar refractivity (Wildman–Crippen MR) is 137 cm³/mol. The molecule has 4 rings (SSSR count). The number of nitrogens with zero attached hydrogens (tertiary/aromatic N) is 3. The van der Waals surface area contributed by atoms with Crippen molar-refractivity contribution in [1.29, 1.82) is 0 Å². The molecule has 2 aromatic rings. The number of aromatic nitrogens is 1. The monoisotopic (exact) mass is 539 g/mol. The fourth-order valence-corrected chi connectivity index (χ4v) is 5.62. The molecule has 1 atom stereocenters. The summed E-state index contributed by atoms with van der Waals surface area (Å²) in [6.45, 7) is 10.4. The summed E-state index contributed by atoms with van der Waals surface area (Å²) in [5, 5.41) is 0. The van der Waals surface area contributed by atoms with Crippen LogP contribution in [0.25, 0.3) is 0 Å². The van der Waals surface area contributed by atoms with Gasteiger partial charge < -0.3 is 14.0 Å². The van der Waals surface area contributed by atoms with Gasteiger partial charge in [0.15, 0.2) is 4.80 Å². The Morgan fingerprint density at radius 1 is 1.16 bits per heavy atom. The first-order chi connectivity index (χ1) is 17.5. The number of likely N-dealkylation sites (tertiary alicyclic amines) is 1. The molecule has 1 aromatic heterocycles. The number of thiazole rings is 1. The second kappa shape index (κ2) is 11.7. The minimum atomic E-state index is -4.58. The van der Waals surface area contributed by atoms with Crippen LogP contribution < -0.4 is 9.54 Å². The molecule has 1 amide bonds. The van der Waals surface area contributed by atoms with Crippen molar-refractivity contribution in [2.45, 2.75) is 77.1 Å². The molecular weight excluding hydrogens is 503 g/mol. The zero-order chi connectivity index (χ0) is 26.6. The van der Waals surface area contributed by atoms with Crippen LogP contribution in [0.2, 0.25) is 0 Å². The van der Waals surface area contributed by atoms with Crippen molar-refractivity contribution >= 4 is 17.2 Å². The molecule has 0 N–H and O–H groups in total. The van der Waals surface area contributed by atoms with Gasteiger partial charge in [0.25, 0.3) is 5.91 Å². The van der Waals surface area contributed by atoms with E-state index in [1.807, 2.05) is 10.8 Å². The van der Waals surface area contributed by atoms with Crippen molar-refractivity contribution in [2.75, 3.05) is 32.8 Å². The second-order valence-electron chi connectivity index (χ2n) is 10.8. The van der Waals surface area contributed by atoms with E-state index in [-0.39, 0.29) is 29.4 Å². The predicted octanol–water partition coefficient (Wildman–Crippen LogP) is 5.65. The number of hydrogen-bond acceptors (Lipinski definition) is 5. The fraction of sp³-hybridized carbons (Fsp3) is 0.630. The third-order valence-electron chi connectivity index (χ3n) is 6.73. The third-order valence-corrected chi connectivity index (χ3v) is 8.18. The Morgan fingerprint density at radius 3 is 2.57 bits per heavy atom. The van der Waals surface area contributed by atoms with E-state index >= 15 is 0 Å². The van der Waals surface area contributed by atoms with E-state index in [9.17, 15) is 18.0 Å². The first kappa shape index (κ1) is 27.9. The standard InChI is InChI=1S/C27H36F3N3O3S/c1-26(2,3)23-18-33(17-20-8-7-14-35-20)25(37-23)31-24(34)21-16-19(27(28,29)30)9-10-22(21)36-15-13-32-11-5-4-6-12-32/h9-10,16,18,20H,4-8,11-15,17H2,1-3H3/t20-/m1/s1. The Morgan fingerprint density at radius 2 is 1.92 bits per heavy atom. The van der Waals surface area contributed by atoms with E-state index in [4.69, 9.17) is 9.47 Å². The lowest BCUT2D eigenvalue weighted by Crippen LogP contribution is -2.33. The summed E-state index contributed by atoms with van der Waals surface area (Å²) in [6, 6.07) is 3.04. The lowest BCUT2D eigenvalue weighted by atomic mass is 9.95. The zero-order valence-electron chi connectivity index (χ0n) is 21.8. The Bertz CT molecular complexity index is 1140. The first-order valence-corrected chi connectivity index (χ1v) is 13.8. The summed E-state index contributed by atoms with van der Waals surface area (Å²) < 4.78 is 54.0. The molecule has 2 aliphatic heterocycles. The SMILES string of the molecule is CC(C)(C)c1cn(C[C@H]2CCCO2)c(=NC(=O)c2cc(C(F)(F)F)ccc2OCCN2CCCCC2)s1. The minimum Gasteiger partial charge on any atom is -0.491 e. The maximum Gasteiger partial charge on any atom is 0.416 e. The van der Waals surface area contributed by atoms with Crippen molar-refractivity contribution < 1.29 is 27.4 Å². The number of benzene rings is 1. The molecule has 2 fully saturated rings. The third kappa shape index (κ3) is 7.45. The molecule has 10 heteroatoms. The maximum absolute atomic E-state index is 13.5. The van der Waals surface area contributed by atoms with Crippen molar-refractivity contribution in [3.63, 3.8) is 0 Å². The van der Waals surface area contributed by atoms with Crippen LogP contribution in [0.15, 0.2) is 29.4 Å². The van der Waals surface area contributed by atoms with Gasteiger partial charge in [-0.2, -0.15) is 18.2 Å². The van der Waals surface area contributed by atoms with E-state index in [1.165, 1.54) is 23.8 Å². The van der Waals surface area contributed by atoms with E-state index in [0.29, 0.717) is 24.5 Å². The van der Waals surface area contributed by atoms with Gasteiger partial charge >= 0.3 is 6.18 Å². The Kier molecular flexibility index (Phi) is 8.81. The summed E-state index contributed by atoms with van der Waals surface area (Å²) in [7, 11) is 0. The summed E-state index contributed by atoms with van der Waals surface area (Å²) in [4.78, 5) is 21.4. The number of hydrogen-bond donors (Lipinski definition) is 0.